The van der Waals surface area contributed by atoms with Gasteiger partial charge in [0, 0.05) is 38.9 Å². The molecule has 0 aliphatic rings. The number of rotatable bonds is 3. The molecule has 0 atom stereocenters. The average molecular weight is 345 g/mol. The fourth-order valence-corrected chi connectivity index (χ4v) is 2.34. The lowest BCUT2D eigenvalue weighted by Gasteiger charge is -2.04. The van der Waals surface area contributed by atoms with Crippen molar-refractivity contribution in [3.05, 3.63) is 62.3 Å². The molecule has 0 bridgehead atoms. The SMILES string of the molecule is O=C(Cc1ccc(Cl)cc1Cl)c1cncc(Br)c1. The number of pyridine rings is 1. The Balaban J connectivity index is 2.21. The highest BCUT2D eigenvalue weighted by Crippen LogP contribution is 2.22. The Bertz CT molecular complexity index is 601. The van der Waals surface area contributed by atoms with Gasteiger partial charge in [-0.05, 0) is 39.7 Å². The summed E-state index contributed by atoms with van der Waals surface area (Å²) in [5, 5.41) is 1.05. The normalized spacial score (nSPS) is 10.4. The predicted molar refractivity (Wildman–Crippen MR) is 76.4 cm³/mol. The number of aromatic nitrogens is 1. The smallest absolute Gasteiger partial charge is 0.168 e. The number of hydrogen-bond donors (Lipinski definition) is 0. The first-order valence-corrected chi connectivity index (χ1v) is 6.69. The topological polar surface area (TPSA) is 30.0 Å². The van der Waals surface area contributed by atoms with Crippen molar-refractivity contribution in [2.24, 2.45) is 0 Å². The van der Waals surface area contributed by atoms with Crippen LogP contribution in [0.25, 0.3) is 0 Å². The molecular weight excluding hydrogens is 337 g/mol. The van der Waals surface area contributed by atoms with Gasteiger partial charge in [0.05, 0.1) is 0 Å². The quantitative estimate of drug-likeness (QED) is 0.763. The fraction of sp³-hybridized carbons (Fsp3) is 0.0769. The predicted octanol–water partition coefficient (Wildman–Crippen LogP) is 4.58. The van der Waals surface area contributed by atoms with Crippen LogP contribution in [0.2, 0.25) is 10.0 Å². The maximum absolute atomic E-state index is 12.1. The van der Waals surface area contributed by atoms with E-state index in [0.717, 1.165) is 10.0 Å². The molecule has 0 radical (unpaired) electrons. The van der Waals surface area contributed by atoms with E-state index in [2.05, 4.69) is 20.9 Å². The molecule has 1 heterocycles. The van der Waals surface area contributed by atoms with Crippen molar-refractivity contribution in [3.8, 4) is 0 Å². The van der Waals surface area contributed by atoms with Crippen molar-refractivity contribution in [2.75, 3.05) is 0 Å². The molecule has 0 saturated heterocycles. The number of benzene rings is 1. The minimum absolute atomic E-state index is 0.0342. The van der Waals surface area contributed by atoms with Crippen LogP contribution in [0.15, 0.2) is 41.1 Å². The van der Waals surface area contributed by atoms with Crippen molar-refractivity contribution in [1.29, 1.82) is 0 Å². The van der Waals surface area contributed by atoms with Crippen LogP contribution in [0.5, 0.6) is 0 Å². The molecule has 1 aromatic carbocycles. The summed E-state index contributed by atoms with van der Waals surface area (Å²) in [5.41, 5.74) is 1.31. The molecule has 5 heteroatoms. The van der Waals surface area contributed by atoms with Crippen molar-refractivity contribution in [1.82, 2.24) is 4.98 Å². The molecule has 2 rings (SSSR count). The first kappa shape index (κ1) is 13.5. The Morgan fingerprint density at radius 3 is 2.67 bits per heavy atom. The molecule has 92 valence electrons. The van der Waals surface area contributed by atoms with Crippen molar-refractivity contribution in [2.45, 2.75) is 6.42 Å². The number of carbonyl (C=O) groups excluding carboxylic acids is 1. The summed E-state index contributed by atoms with van der Waals surface area (Å²) in [5.74, 6) is -0.0342. The average Bonchev–Trinajstić information content (AvgIpc) is 2.32. The van der Waals surface area contributed by atoms with Crippen LogP contribution in [-0.4, -0.2) is 10.8 Å². The molecule has 0 amide bonds. The van der Waals surface area contributed by atoms with Crippen LogP contribution in [0.3, 0.4) is 0 Å². The zero-order valence-corrected chi connectivity index (χ0v) is 12.3. The summed E-state index contributed by atoms with van der Waals surface area (Å²) < 4.78 is 0.774. The zero-order valence-electron chi connectivity index (χ0n) is 9.16. The van der Waals surface area contributed by atoms with Crippen LogP contribution in [-0.2, 0) is 6.42 Å². The maximum Gasteiger partial charge on any atom is 0.168 e. The molecule has 0 spiro atoms. The number of nitrogens with zero attached hydrogens (tertiary/aromatic N) is 1. The van der Waals surface area contributed by atoms with E-state index in [4.69, 9.17) is 23.2 Å². The van der Waals surface area contributed by atoms with E-state index in [9.17, 15) is 4.79 Å². The van der Waals surface area contributed by atoms with E-state index in [1.807, 2.05) is 0 Å². The molecule has 0 fully saturated rings. The van der Waals surface area contributed by atoms with Gasteiger partial charge in [-0.25, -0.2) is 0 Å². The number of Topliss-reactive ketones (excluding diaryl/α,β-unsaturated/α-hetero) is 1. The minimum Gasteiger partial charge on any atom is -0.294 e. The molecule has 0 aliphatic heterocycles. The van der Waals surface area contributed by atoms with Gasteiger partial charge in [-0.15, -0.1) is 0 Å². The van der Waals surface area contributed by atoms with Crippen LogP contribution < -0.4 is 0 Å². The molecule has 2 aromatic rings. The summed E-state index contributed by atoms with van der Waals surface area (Å²) >= 11 is 15.1. The highest BCUT2D eigenvalue weighted by Gasteiger charge is 2.10. The second-order valence-electron chi connectivity index (χ2n) is 3.73. The summed E-state index contributed by atoms with van der Waals surface area (Å²) in [7, 11) is 0. The molecule has 0 unspecified atom stereocenters. The first-order chi connectivity index (χ1) is 8.56. The summed E-state index contributed by atoms with van der Waals surface area (Å²) in [6, 6.07) is 6.84. The number of hydrogen-bond acceptors (Lipinski definition) is 2. The Morgan fingerprint density at radius 2 is 2.00 bits per heavy atom. The van der Waals surface area contributed by atoms with Crippen LogP contribution in [0.1, 0.15) is 15.9 Å². The number of carbonyl (C=O) groups is 1. The lowest BCUT2D eigenvalue weighted by Crippen LogP contribution is -2.04. The van der Waals surface area contributed by atoms with Gasteiger partial charge in [-0.2, -0.15) is 0 Å². The number of halogens is 3. The third-order valence-electron chi connectivity index (χ3n) is 2.39. The lowest BCUT2D eigenvalue weighted by molar-refractivity contribution is 0.0992. The van der Waals surface area contributed by atoms with Crippen LogP contribution in [0.4, 0.5) is 0 Å². The van der Waals surface area contributed by atoms with Gasteiger partial charge < -0.3 is 0 Å². The Morgan fingerprint density at radius 1 is 1.22 bits per heavy atom. The lowest BCUT2D eigenvalue weighted by atomic mass is 10.0. The third-order valence-corrected chi connectivity index (χ3v) is 3.41. The van der Waals surface area contributed by atoms with Crippen molar-refractivity contribution in [3.63, 3.8) is 0 Å². The van der Waals surface area contributed by atoms with E-state index >= 15 is 0 Å². The highest BCUT2D eigenvalue weighted by molar-refractivity contribution is 9.10. The molecule has 0 saturated carbocycles. The van der Waals surface area contributed by atoms with Gasteiger partial charge in [0.2, 0.25) is 0 Å². The maximum atomic E-state index is 12.1. The van der Waals surface area contributed by atoms with Crippen LogP contribution in [0, 0.1) is 0 Å². The second kappa shape index (κ2) is 5.83. The molecule has 2 nitrogen and oxygen atoms in total. The molecule has 0 aliphatic carbocycles. The minimum atomic E-state index is -0.0342. The van der Waals surface area contributed by atoms with Gasteiger partial charge in [-0.1, -0.05) is 29.3 Å². The van der Waals surface area contributed by atoms with Crippen LogP contribution >= 0.6 is 39.1 Å². The van der Waals surface area contributed by atoms with Gasteiger partial charge >= 0.3 is 0 Å². The Labute approximate surface area is 123 Å². The Hall–Kier alpha value is -0.900. The second-order valence-corrected chi connectivity index (χ2v) is 5.49. The molecule has 1 aromatic heterocycles. The van der Waals surface area contributed by atoms with Gasteiger partial charge in [0.15, 0.2) is 5.78 Å². The van der Waals surface area contributed by atoms with Gasteiger partial charge in [0.25, 0.3) is 0 Å². The van der Waals surface area contributed by atoms with E-state index in [-0.39, 0.29) is 12.2 Å². The monoisotopic (exact) mass is 343 g/mol. The van der Waals surface area contributed by atoms with E-state index in [0.29, 0.717) is 15.6 Å². The molecule has 0 N–H and O–H groups in total. The van der Waals surface area contributed by atoms with Crippen molar-refractivity contribution >= 4 is 44.9 Å². The highest BCUT2D eigenvalue weighted by atomic mass is 79.9. The van der Waals surface area contributed by atoms with E-state index in [1.54, 1.807) is 30.5 Å². The van der Waals surface area contributed by atoms with E-state index in [1.165, 1.54) is 6.20 Å². The zero-order chi connectivity index (χ0) is 13.1. The Kier molecular flexibility index (Phi) is 4.38. The van der Waals surface area contributed by atoms with Crippen molar-refractivity contribution < 1.29 is 4.79 Å². The summed E-state index contributed by atoms with van der Waals surface area (Å²) in [6.07, 6.45) is 3.40. The van der Waals surface area contributed by atoms with Gasteiger partial charge in [-0.3, -0.25) is 9.78 Å². The summed E-state index contributed by atoms with van der Waals surface area (Å²) in [6.45, 7) is 0. The third kappa shape index (κ3) is 3.31. The summed E-state index contributed by atoms with van der Waals surface area (Å²) in [4.78, 5) is 16.0. The first-order valence-electron chi connectivity index (χ1n) is 5.14. The largest absolute Gasteiger partial charge is 0.294 e. The van der Waals surface area contributed by atoms with E-state index < -0.39 is 0 Å². The molecular formula is C13H8BrCl2NO. The standard InChI is InChI=1S/C13H8BrCl2NO/c14-10-3-9(6-17-7-10)13(18)4-8-1-2-11(15)5-12(8)16/h1-3,5-7H,4H2. The molecule has 18 heavy (non-hydrogen) atoms. The fourth-order valence-electron chi connectivity index (χ4n) is 1.50. The number of ketones is 1. The van der Waals surface area contributed by atoms with Gasteiger partial charge in [0.1, 0.15) is 0 Å².